The normalized spacial score (nSPS) is 11.8. The van der Waals surface area contributed by atoms with Crippen LogP contribution in [0.3, 0.4) is 0 Å². The van der Waals surface area contributed by atoms with Crippen molar-refractivity contribution in [2.75, 3.05) is 0 Å². The number of hydrogen-bond donors (Lipinski definition) is 0. The maximum atomic E-state index is 5.56. The summed E-state index contributed by atoms with van der Waals surface area (Å²) in [6.45, 7) is 0. The van der Waals surface area contributed by atoms with Gasteiger partial charge in [0.25, 0.3) is 0 Å². The standard InChI is InChI=1S/C64H40N4.C58H36N4/c1-3-18-41(19-4-1)45-36-46(42-20-5-2-6-21-42)38-47(37-45)64-65-55-29-14-11-28-53(55)63(66-64)52-34-35-58(49-25-10-9-24-48(49)52)68-60-33-17-32-59(62(60)54-39-43-22-7-8-23-44(43)40-61(54)68)67-56-30-15-12-26-50(56)51-27-13-16-31-57(51)67;1-2-13-37(14-3-1)38-25-27-39(28-26-38)58-59-50-20-9-6-19-48(50)57(60-58)44-30-29-43-34-45(32-31-42(43)33-44)61-53-23-12-24-54(56(53)49-35-40-15-4-5-16-41(40)36-55(49)61)62-51-21-10-7-17-46(51)47-18-8-11-22-52(47)62/h1-40H;1-36H. The van der Waals surface area contributed by atoms with E-state index in [1.54, 1.807) is 0 Å². The summed E-state index contributed by atoms with van der Waals surface area (Å²) in [5.41, 5.74) is 28.6. The van der Waals surface area contributed by atoms with Crippen molar-refractivity contribution in [3.8, 4) is 101 Å². The molecule has 8 nitrogen and oxygen atoms in total. The fraction of sp³-hybridized carbons (Fsp3) is 0. The second-order valence-electron chi connectivity index (χ2n) is 33.9. The maximum Gasteiger partial charge on any atom is 0.160 e. The third-order valence-corrected chi connectivity index (χ3v) is 26.5. The van der Waals surface area contributed by atoms with Gasteiger partial charge in [0, 0.05) is 87.2 Å². The van der Waals surface area contributed by atoms with Crippen molar-refractivity contribution in [2.24, 2.45) is 0 Å². The van der Waals surface area contributed by atoms with Gasteiger partial charge in [-0.1, -0.05) is 334 Å². The lowest BCUT2D eigenvalue weighted by Crippen LogP contribution is -1.99. The zero-order valence-corrected chi connectivity index (χ0v) is 70.5. The van der Waals surface area contributed by atoms with Crippen LogP contribution < -0.4 is 0 Å². The van der Waals surface area contributed by atoms with Gasteiger partial charge in [-0.05, 0) is 198 Å². The van der Waals surface area contributed by atoms with Crippen LogP contribution in [0.15, 0.2) is 461 Å². The number of rotatable bonds is 11. The van der Waals surface area contributed by atoms with E-state index in [2.05, 4.69) is 467 Å². The zero-order valence-electron chi connectivity index (χ0n) is 70.5. The lowest BCUT2D eigenvalue weighted by Gasteiger charge is -2.17. The molecule has 604 valence electrons. The minimum atomic E-state index is 0.689. The lowest BCUT2D eigenvalue weighted by molar-refractivity contribution is 1.17. The molecule has 0 aliphatic heterocycles. The third kappa shape index (κ3) is 12.1. The van der Waals surface area contributed by atoms with Crippen molar-refractivity contribution in [1.82, 2.24) is 38.2 Å². The molecule has 8 heteroatoms. The molecular formula is C122H76N8. The van der Waals surface area contributed by atoms with E-state index in [0.717, 1.165) is 127 Å². The van der Waals surface area contributed by atoms with E-state index in [4.69, 9.17) is 19.9 Å². The highest BCUT2D eigenvalue weighted by Crippen LogP contribution is 2.48. The minimum Gasteiger partial charge on any atom is -0.309 e. The molecule has 6 aromatic heterocycles. The Kier molecular flexibility index (Phi) is 17.2. The van der Waals surface area contributed by atoms with Crippen LogP contribution in [0.1, 0.15) is 0 Å². The van der Waals surface area contributed by atoms with Crippen LogP contribution in [0.25, 0.3) is 254 Å². The van der Waals surface area contributed by atoms with Crippen molar-refractivity contribution < 1.29 is 0 Å². The first kappa shape index (κ1) is 74.0. The first-order chi connectivity index (χ1) is 64.5. The fourth-order valence-corrected chi connectivity index (χ4v) is 20.6. The average Bonchev–Trinajstić information content (AvgIpc) is 1.55. The van der Waals surface area contributed by atoms with Crippen LogP contribution in [0.2, 0.25) is 0 Å². The van der Waals surface area contributed by atoms with Gasteiger partial charge in [-0.3, -0.25) is 0 Å². The second kappa shape index (κ2) is 30.2. The Morgan fingerprint density at radius 2 is 0.508 bits per heavy atom. The summed E-state index contributed by atoms with van der Waals surface area (Å²) >= 11 is 0. The molecule has 21 aromatic carbocycles. The molecule has 0 spiro atoms. The van der Waals surface area contributed by atoms with E-state index in [9.17, 15) is 0 Å². The van der Waals surface area contributed by atoms with Crippen LogP contribution in [-0.4, -0.2) is 38.2 Å². The Labute approximate surface area is 747 Å². The summed E-state index contributed by atoms with van der Waals surface area (Å²) in [6.07, 6.45) is 0. The van der Waals surface area contributed by atoms with E-state index in [1.165, 1.54) is 115 Å². The molecule has 0 amide bonds. The zero-order chi connectivity index (χ0) is 85.4. The Balaban J connectivity index is 0.000000137. The molecule has 0 N–H and O–H groups in total. The lowest BCUT2D eigenvalue weighted by atomic mass is 9.95. The van der Waals surface area contributed by atoms with Crippen molar-refractivity contribution >= 4 is 152 Å². The Morgan fingerprint density at radius 3 is 1.04 bits per heavy atom. The maximum absolute atomic E-state index is 5.56. The van der Waals surface area contributed by atoms with Gasteiger partial charge in [0.15, 0.2) is 11.6 Å². The highest BCUT2D eigenvalue weighted by Gasteiger charge is 2.26. The molecule has 0 saturated heterocycles. The predicted molar refractivity (Wildman–Crippen MR) is 545 cm³/mol. The highest BCUT2D eigenvalue weighted by molar-refractivity contribution is 6.22. The minimum absolute atomic E-state index is 0.689. The number of nitrogens with zero attached hydrogens (tertiary/aromatic N) is 8. The van der Waals surface area contributed by atoms with E-state index >= 15 is 0 Å². The Hall–Kier alpha value is -17.5. The molecule has 0 aliphatic carbocycles. The average molecular weight is 1650 g/mol. The van der Waals surface area contributed by atoms with Crippen molar-refractivity contribution in [2.45, 2.75) is 0 Å². The molecule has 27 aromatic rings. The molecule has 0 radical (unpaired) electrons. The molecule has 0 fully saturated rings. The summed E-state index contributed by atoms with van der Waals surface area (Å²) in [7, 11) is 0. The summed E-state index contributed by atoms with van der Waals surface area (Å²) < 4.78 is 9.86. The van der Waals surface area contributed by atoms with Gasteiger partial charge < -0.3 is 18.3 Å². The van der Waals surface area contributed by atoms with E-state index in [0.29, 0.717) is 11.6 Å². The smallest absolute Gasteiger partial charge is 0.160 e. The van der Waals surface area contributed by atoms with Crippen LogP contribution in [-0.2, 0) is 0 Å². The Morgan fingerprint density at radius 1 is 0.154 bits per heavy atom. The quantitative estimate of drug-likeness (QED) is 0.129. The van der Waals surface area contributed by atoms with Crippen molar-refractivity contribution in [1.29, 1.82) is 0 Å². The predicted octanol–water partition coefficient (Wildman–Crippen LogP) is 31.9. The summed E-state index contributed by atoms with van der Waals surface area (Å²) in [4.78, 5) is 21.1. The molecule has 27 rings (SSSR count). The number of benzene rings is 21. The largest absolute Gasteiger partial charge is 0.309 e. The molecule has 6 heterocycles. The van der Waals surface area contributed by atoms with Crippen LogP contribution in [0.5, 0.6) is 0 Å². The molecule has 0 unspecified atom stereocenters. The van der Waals surface area contributed by atoms with E-state index in [1.807, 2.05) is 12.1 Å². The van der Waals surface area contributed by atoms with Gasteiger partial charge in [-0.15, -0.1) is 0 Å². The number of hydrogen-bond acceptors (Lipinski definition) is 4. The monoisotopic (exact) mass is 1650 g/mol. The third-order valence-electron chi connectivity index (χ3n) is 26.5. The molecule has 0 bridgehead atoms. The van der Waals surface area contributed by atoms with Gasteiger partial charge in [-0.2, -0.15) is 0 Å². The summed E-state index contributed by atoms with van der Waals surface area (Å²) in [6, 6.07) is 166. The second-order valence-corrected chi connectivity index (χ2v) is 33.9. The number of para-hydroxylation sites is 6. The number of fused-ring (bicyclic) bond motifs is 18. The molecule has 0 saturated carbocycles. The molecule has 0 aliphatic rings. The fourth-order valence-electron chi connectivity index (χ4n) is 20.6. The van der Waals surface area contributed by atoms with Gasteiger partial charge in [0.2, 0.25) is 0 Å². The van der Waals surface area contributed by atoms with Gasteiger partial charge in [0.05, 0.1) is 83.6 Å². The van der Waals surface area contributed by atoms with Gasteiger partial charge in [0.1, 0.15) is 0 Å². The SMILES string of the molecule is c1ccc(-c2cc(-c3ccccc3)cc(-c3nc(-c4ccc(-n5c6cc7ccccc7cc6c6c(-n7c8ccccc8c8ccccc87)cccc65)c5ccccc45)c4ccccc4n3)c2)cc1.c1ccc(-c2ccc(-c3nc(-c4ccc5cc(-n6c7cc8ccccc8cc7c7c(-n8c9ccccc9c9ccccc98)cccc76)ccc5c4)c4ccccc4n3)cc2)cc1. The molecular weight excluding hydrogens is 1580 g/mol. The summed E-state index contributed by atoms with van der Waals surface area (Å²) in [5, 5.41) is 21.4. The van der Waals surface area contributed by atoms with Gasteiger partial charge >= 0.3 is 0 Å². The van der Waals surface area contributed by atoms with Gasteiger partial charge in [-0.25, -0.2) is 19.9 Å². The topological polar surface area (TPSA) is 71.3 Å². The van der Waals surface area contributed by atoms with Crippen LogP contribution in [0.4, 0.5) is 0 Å². The Bertz CT molecular complexity index is 9140. The van der Waals surface area contributed by atoms with Crippen molar-refractivity contribution in [3.05, 3.63) is 461 Å². The first-order valence-electron chi connectivity index (χ1n) is 44.4. The van der Waals surface area contributed by atoms with E-state index < -0.39 is 0 Å². The molecule has 130 heavy (non-hydrogen) atoms. The molecule has 0 atom stereocenters. The summed E-state index contributed by atoms with van der Waals surface area (Å²) in [5.74, 6) is 1.40. The first-order valence-corrected chi connectivity index (χ1v) is 44.4. The van der Waals surface area contributed by atoms with Crippen LogP contribution in [0, 0.1) is 0 Å². The highest BCUT2D eigenvalue weighted by atomic mass is 15.0. The van der Waals surface area contributed by atoms with E-state index in [-0.39, 0.29) is 0 Å². The van der Waals surface area contributed by atoms with Crippen LogP contribution >= 0.6 is 0 Å². The van der Waals surface area contributed by atoms with Crippen molar-refractivity contribution in [3.63, 3.8) is 0 Å². The number of aromatic nitrogens is 8.